The first-order chi connectivity index (χ1) is 8.72. The van der Waals surface area contributed by atoms with Crippen LogP contribution in [0.3, 0.4) is 0 Å². The molecule has 0 saturated heterocycles. The highest BCUT2D eigenvalue weighted by Gasteiger charge is 2.02. The lowest BCUT2D eigenvalue weighted by atomic mass is 10.0. The van der Waals surface area contributed by atoms with Gasteiger partial charge >= 0.3 is 5.97 Å². The van der Waals surface area contributed by atoms with Crippen LogP contribution < -0.4 is 0 Å². The number of benzene rings is 2. The SMILES string of the molecule is CCOC(=O)C#Cc1c(C)ccc2ccccc12. The third kappa shape index (κ3) is 2.52. The summed E-state index contributed by atoms with van der Waals surface area (Å²) in [6.45, 7) is 4.10. The molecule has 0 aromatic heterocycles. The molecule has 0 aliphatic heterocycles. The Hall–Kier alpha value is -2.27. The molecule has 0 aliphatic carbocycles. The Bertz CT molecular complexity index is 645. The maximum atomic E-state index is 11.3. The minimum atomic E-state index is -0.482. The summed E-state index contributed by atoms with van der Waals surface area (Å²) < 4.78 is 4.80. The predicted octanol–water partition coefficient (Wildman–Crippen LogP) is 3.06. The van der Waals surface area contributed by atoms with Gasteiger partial charge in [0.1, 0.15) is 0 Å². The van der Waals surface area contributed by atoms with Crippen LogP contribution in [0.5, 0.6) is 0 Å². The second-order valence-corrected chi connectivity index (χ2v) is 3.95. The van der Waals surface area contributed by atoms with E-state index >= 15 is 0 Å². The first-order valence-electron chi connectivity index (χ1n) is 5.89. The largest absolute Gasteiger partial charge is 0.456 e. The molecule has 0 amide bonds. The molecule has 0 heterocycles. The maximum Gasteiger partial charge on any atom is 0.384 e. The van der Waals surface area contributed by atoms with Gasteiger partial charge in [0.05, 0.1) is 6.61 Å². The molecule has 0 unspecified atom stereocenters. The summed E-state index contributed by atoms with van der Waals surface area (Å²) in [6.07, 6.45) is 0. The fraction of sp³-hybridized carbons (Fsp3) is 0.188. The molecule has 2 heteroatoms. The van der Waals surface area contributed by atoms with Crippen molar-refractivity contribution >= 4 is 16.7 Å². The van der Waals surface area contributed by atoms with Gasteiger partial charge in [-0.05, 0) is 30.2 Å². The molecule has 0 N–H and O–H groups in total. The molecule has 18 heavy (non-hydrogen) atoms. The number of aryl methyl sites for hydroxylation is 1. The van der Waals surface area contributed by atoms with E-state index in [-0.39, 0.29) is 0 Å². The highest BCUT2D eigenvalue weighted by molar-refractivity contribution is 5.93. The zero-order valence-electron chi connectivity index (χ0n) is 10.5. The smallest absolute Gasteiger partial charge is 0.384 e. The lowest BCUT2D eigenvalue weighted by Crippen LogP contribution is -1.99. The van der Waals surface area contributed by atoms with E-state index in [0.29, 0.717) is 6.61 Å². The van der Waals surface area contributed by atoms with Crippen molar-refractivity contribution in [2.24, 2.45) is 0 Å². The van der Waals surface area contributed by atoms with Crippen molar-refractivity contribution in [1.29, 1.82) is 0 Å². The van der Waals surface area contributed by atoms with Crippen molar-refractivity contribution in [2.45, 2.75) is 13.8 Å². The number of esters is 1. The lowest BCUT2D eigenvalue weighted by Gasteiger charge is -2.03. The zero-order valence-corrected chi connectivity index (χ0v) is 10.5. The van der Waals surface area contributed by atoms with Crippen LogP contribution in [0.25, 0.3) is 10.8 Å². The Balaban J connectivity index is 2.49. The third-order valence-corrected chi connectivity index (χ3v) is 2.70. The molecular weight excluding hydrogens is 224 g/mol. The number of hydrogen-bond donors (Lipinski definition) is 0. The second-order valence-electron chi connectivity index (χ2n) is 3.95. The topological polar surface area (TPSA) is 26.3 Å². The van der Waals surface area contributed by atoms with Crippen LogP contribution in [0.4, 0.5) is 0 Å². The van der Waals surface area contributed by atoms with E-state index < -0.39 is 5.97 Å². The van der Waals surface area contributed by atoms with Crippen LogP contribution in [-0.4, -0.2) is 12.6 Å². The maximum absolute atomic E-state index is 11.3. The van der Waals surface area contributed by atoms with E-state index in [0.717, 1.165) is 21.9 Å². The number of hydrogen-bond acceptors (Lipinski definition) is 2. The molecular formula is C16H14O2. The fourth-order valence-corrected chi connectivity index (χ4v) is 1.83. The molecule has 0 aliphatic rings. The molecule has 2 aromatic rings. The molecule has 0 radical (unpaired) electrons. The normalized spacial score (nSPS) is 9.67. The Morgan fingerprint density at radius 2 is 2.00 bits per heavy atom. The molecule has 2 aromatic carbocycles. The van der Waals surface area contributed by atoms with Gasteiger partial charge in [0.2, 0.25) is 0 Å². The third-order valence-electron chi connectivity index (χ3n) is 2.70. The monoisotopic (exact) mass is 238 g/mol. The molecule has 2 nitrogen and oxygen atoms in total. The Kier molecular flexibility index (Phi) is 3.64. The van der Waals surface area contributed by atoms with E-state index in [1.54, 1.807) is 6.92 Å². The molecule has 2 rings (SSSR count). The van der Waals surface area contributed by atoms with Gasteiger partial charge in [-0.2, -0.15) is 0 Å². The Labute approximate surface area is 107 Å². The molecule has 0 saturated carbocycles. The quantitative estimate of drug-likeness (QED) is 0.564. The van der Waals surface area contributed by atoms with Crippen molar-refractivity contribution in [1.82, 2.24) is 0 Å². The van der Waals surface area contributed by atoms with E-state index in [1.807, 2.05) is 37.3 Å². The minimum Gasteiger partial charge on any atom is -0.456 e. The van der Waals surface area contributed by atoms with Gasteiger partial charge in [-0.15, -0.1) is 0 Å². The summed E-state index contributed by atoms with van der Waals surface area (Å²) in [5, 5.41) is 2.19. The van der Waals surface area contributed by atoms with Crippen LogP contribution in [-0.2, 0) is 9.53 Å². The standard InChI is InChI=1S/C16H14O2/c1-3-18-16(17)11-10-14-12(2)8-9-13-6-4-5-7-15(13)14/h4-9H,3H2,1-2H3. The highest BCUT2D eigenvalue weighted by atomic mass is 16.5. The number of ether oxygens (including phenoxy) is 1. The van der Waals surface area contributed by atoms with Crippen molar-refractivity contribution in [3.05, 3.63) is 47.5 Å². The summed E-state index contributed by atoms with van der Waals surface area (Å²) >= 11 is 0. The van der Waals surface area contributed by atoms with Gasteiger partial charge in [-0.25, -0.2) is 4.79 Å². The number of fused-ring (bicyclic) bond motifs is 1. The number of carbonyl (C=O) groups is 1. The van der Waals surface area contributed by atoms with E-state index in [9.17, 15) is 4.79 Å². The van der Waals surface area contributed by atoms with Gasteiger partial charge in [-0.1, -0.05) is 42.3 Å². The molecule has 0 bridgehead atoms. The van der Waals surface area contributed by atoms with Crippen LogP contribution >= 0.6 is 0 Å². The van der Waals surface area contributed by atoms with E-state index in [2.05, 4.69) is 17.9 Å². The lowest BCUT2D eigenvalue weighted by molar-refractivity contribution is -0.136. The van der Waals surface area contributed by atoms with Gasteiger partial charge in [-0.3, -0.25) is 0 Å². The minimum absolute atomic E-state index is 0.349. The van der Waals surface area contributed by atoms with E-state index in [1.165, 1.54) is 0 Å². The van der Waals surface area contributed by atoms with Crippen LogP contribution in [0.2, 0.25) is 0 Å². The summed E-state index contributed by atoms with van der Waals surface area (Å²) in [4.78, 5) is 11.3. The molecule has 0 atom stereocenters. The van der Waals surface area contributed by atoms with Gasteiger partial charge in [0, 0.05) is 11.5 Å². The van der Waals surface area contributed by atoms with Gasteiger partial charge in [0.25, 0.3) is 0 Å². The fourth-order valence-electron chi connectivity index (χ4n) is 1.83. The molecule has 0 spiro atoms. The predicted molar refractivity (Wildman–Crippen MR) is 72.2 cm³/mol. The van der Waals surface area contributed by atoms with Gasteiger partial charge in [0.15, 0.2) is 0 Å². The summed E-state index contributed by atoms with van der Waals surface area (Å²) in [5.41, 5.74) is 1.95. The van der Waals surface area contributed by atoms with Gasteiger partial charge < -0.3 is 4.74 Å². The number of carbonyl (C=O) groups excluding carboxylic acids is 1. The average Bonchev–Trinajstić information content (AvgIpc) is 2.38. The van der Waals surface area contributed by atoms with Crippen LogP contribution in [0.15, 0.2) is 36.4 Å². The highest BCUT2D eigenvalue weighted by Crippen LogP contribution is 2.21. The molecule has 0 fully saturated rings. The first kappa shape index (κ1) is 12.2. The zero-order chi connectivity index (χ0) is 13.0. The van der Waals surface area contributed by atoms with Crippen molar-refractivity contribution < 1.29 is 9.53 Å². The summed E-state index contributed by atoms with van der Waals surface area (Å²) in [7, 11) is 0. The van der Waals surface area contributed by atoms with E-state index in [4.69, 9.17) is 4.74 Å². The average molecular weight is 238 g/mol. The Morgan fingerprint density at radius 3 is 2.78 bits per heavy atom. The summed E-state index contributed by atoms with van der Waals surface area (Å²) in [5.74, 6) is 4.96. The first-order valence-corrected chi connectivity index (χ1v) is 5.89. The number of rotatable bonds is 1. The van der Waals surface area contributed by atoms with Crippen molar-refractivity contribution in [3.63, 3.8) is 0 Å². The molecule has 90 valence electrons. The van der Waals surface area contributed by atoms with Crippen molar-refractivity contribution in [3.8, 4) is 11.8 Å². The second kappa shape index (κ2) is 5.37. The van der Waals surface area contributed by atoms with Crippen LogP contribution in [0, 0.1) is 18.8 Å². The Morgan fingerprint density at radius 1 is 1.22 bits per heavy atom. The van der Waals surface area contributed by atoms with Crippen LogP contribution in [0.1, 0.15) is 18.1 Å². The van der Waals surface area contributed by atoms with Crippen molar-refractivity contribution in [2.75, 3.05) is 6.61 Å². The summed E-state index contributed by atoms with van der Waals surface area (Å²) in [6, 6.07) is 12.1.